The van der Waals surface area contributed by atoms with E-state index < -0.39 is 0 Å². The predicted molar refractivity (Wildman–Crippen MR) is 73.6 cm³/mol. The van der Waals surface area contributed by atoms with Crippen molar-refractivity contribution in [2.45, 2.75) is 26.0 Å². The standard InChI is InChI=1S/C16H17NO/c1-11-8-15-9-14(6-7-16(15)18-11)13-4-2-12(10-17)3-5-13/h2-7,9,11H,8,10,17H2,1H3. The van der Waals surface area contributed by atoms with Crippen molar-refractivity contribution < 1.29 is 4.74 Å². The molecule has 0 amide bonds. The maximum absolute atomic E-state index is 5.72. The van der Waals surface area contributed by atoms with E-state index in [0.717, 1.165) is 17.7 Å². The number of ether oxygens (including phenoxy) is 1. The number of fused-ring (bicyclic) bond motifs is 1. The molecule has 0 saturated carbocycles. The molecular weight excluding hydrogens is 222 g/mol. The second-order valence-electron chi connectivity index (χ2n) is 4.86. The topological polar surface area (TPSA) is 35.2 Å². The molecule has 0 fully saturated rings. The first kappa shape index (κ1) is 11.3. The smallest absolute Gasteiger partial charge is 0.123 e. The highest BCUT2D eigenvalue weighted by Crippen LogP contribution is 2.32. The first-order valence-corrected chi connectivity index (χ1v) is 6.35. The summed E-state index contributed by atoms with van der Waals surface area (Å²) in [5.74, 6) is 1.03. The van der Waals surface area contributed by atoms with Crippen molar-refractivity contribution in [3.05, 3.63) is 53.6 Å². The normalized spacial score (nSPS) is 17.3. The third kappa shape index (κ3) is 2.00. The van der Waals surface area contributed by atoms with E-state index >= 15 is 0 Å². The lowest BCUT2D eigenvalue weighted by Crippen LogP contribution is -2.05. The van der Waals surface area contributed by atoms with Gasteiger partial charge in [0.25, 0.3) is 0 Å². The van der Waals surface area contributed by atoms with E-state index in [2.05, 4.69) is 49.4 Å². The van der Waals surface area contributed by atoms with Gasteiger partial charge in [0.2, 0.25) is 0 Å². The molecule has 2 N–H and O–H groups in total. The molecule has 2 nitrogen and oxygen atoms in total. The van der Waals surface area contributed by atoms with Crippen molar-refractivity contribution in [3.63, 3.8) is 0 Å². The molecule has 2 heteroatoms. The van der Waals surface area contributed by atoms with Crippen molar-refractivity contribution in [1.29, 1.82) is 0 Å². The molecule has 0 radical (unpaired) electrons. The maximum atomic E-state index is 5.72. The van der Waals surface area contributed by atoms with Gasteiger partial charge in [-0.25, -0.2) is 0 Å². The molecule has 1 heterocycles. The summed E-state index contributed by atoms with van der Waals surface area (Å²) in [6, 6.07) is 14.9. The van der Waals surface area contributed by atoms with Gasteiger partial charge in [0.15, 0.2) is 0 Å². The first-order chi connectivity index (χ1) is 8.76. The quantitative estimate of drug-likeness (QED) is 0.873. The Morgan fingerprint density at radius 3 is 2.56 bits per heavy atom. The molecule has 0 aliphatic carbocycles. The summed E-state index contributed by atoms with van der Waals surface area (Å²) in [5, 5.41) is 0. The van der Waals surface area contributed by atoms with Gasteiger partial charge in [0.05, 0.1) is 0 Å². The van der Waals surface area contributed by atoms with Crippen LogP contribution in [0.25, 0.3) is 11.1 Å². The predicted octanol–water partition coefficient (Wildman–Crippen LogP) is 3.14. The van der Waals surface area contributed by atoms with Gasteiger partial charge >= 0.3 is 0 Å². The van der Waals surface area contributed by atoms with E-state index in [0.29, 0.717) is 12.6 Å². The van der Waals surface area contributed by atoms with Gasteiger partial charge in [-0.15, -0.1) is 0 Å². The third-order valence-electron chi connectivity index (χ3n) is 3.42. The molecule has 3 rings (SSSR count). The fourth-order valence-corrected chi connectivity index (χ4v) is 2.43. The van der Waals surface area contributed by atoms with Gasteiger partial charge in [0.1, 0.15) is 11.9 Å². The Balaban J connectivity index is 1.95. The molecule has 1 unspecified atom stereocenters. The Hall–Kier alpha value is -1.80. The highest BCUT2D eigenvalue weighted by Gasteiger charge is 2.18. The molecule has 18 heavy (non-hydrogen) atoms. The number of hydrogen-bond acceptors (Lipinski definition) is 2. The fraction of sp³-hybridized carbons (Fsp3) is 0.250. The minimum absolute atomic E-state index is 0.301. The summed E-state index contributed by atoms with van der Waals surface area (Å²) in [4.78, 5) is 0. The van der Waals surface area contributed by atoms with Crippen LogP contribution in [0.1, 0.15) is 18.1 Å². The number of benzene rings is 2. The molecule has 2 aromatic carbocycles. The lowest BCUT2D eigenvalue weighted by atomic mass is 10.0. The lowest BCUT2D eigenvalue weighted by Gasteiger charge is -2.05. The lowest BCUT2D eigenvalue weighted by molar-refractivity contribution is 0.254. The Morgan fingerprint density at radius 1 is 1.11 bits per heavy atom. The highest BCUT2D eigenvalue weighted by atomic mass is 16.5. The monoisotopic (exact) mass is 239 g/mol. The fourth-order valence-electron chi connectivity index (χ4n) is 2.43. The minimum Gasteiger partial charge on any atom is -0.490 e. The van der Waals surface area contributed by atoms with Gasteiger partial charge < -0.3 is 10.5 Å². The molecule has 0 saturated heterocycles. The van der Waals surface area contributed by atoms with Crippen molar-refractivity contribution in [1.82, 2.24) is 0 Å². The molecular formula is C16H17NO. The molecule has 2 aromatic rings. The van der Waals surface area contributed by atoms with Gasteiger partial charge in [-0.3, -0.25) is 0 Å². The van der Waals surface area contributed by atoms with Gasteiger partial charge in [-0.2, -0.15) is 0 Å². The summed E-state index contributed by atoms with van der Waals surface area (Å²) in [7, 11) is 0. The maximum Gasteiger partial charge on any atom is 0.123 e. The van der Waals surface area contributed by atoms with E-state index in [9.17, 15) is 0 Å². The molecule has 1 aliphatic rings. The van der Waals surface area contributed by atoms with Crippen LogP contribution in [-0.2, 0) is 13.0 Å². The van der Waals surface area contributed by atoms with E-state index in [-0.39, 0.29) is 0 Å². The van der Waals surface area contributed by atoms with Crippen LogP contribution in [0.4, 0.5) is 0 Å². The van der Waals surface area contributed by atoms with Crippen LogP contribution in [0.15, 0.2) is 42.5 Å². The summed E-state index contributed by atoms with van der Waals surface area (Å²) in [6.45, 7) is 2.70. The van der Waals surface area contributed by atoms with Crippen LogP contribution < -0.4 is 10.5 Å². The molecule has 0 aromatic heterocycles. The van der Waals surface area contributed by atoms with Crippen LogP contribution in [0, 0.1) is 0 Å². The Kier molecular flexibility index (Phi) is 2.80. The third-order valence-corrected chi connectivity index (χ3v) is 3.42. The average molecular weight is 239 g/mol. The van der Waals surface area contributed by atoms with Gasteiger partial charge in [-0.05, 0) is 41.3 Å². The summed E-state index contributed by atoms with van der Waals surface area (Å²) >= 11 is 0. The van der Waals surface area contributed by atoms with Crippen molar-refractivity contribution in [2.24, 2.45) is 5.73 Å². The van der Waals surface area contributed by atoms with E-state index in [1.165, 1.54) is 16.7 Å². The summed E-state index contributed by atoms with van der Waals surface area (Å²) in [5.41, 5.74) is 10.6. The van der Waals surface area contributed by atoms with Crippen molar-refractivity contribution in [2.75, 3.05) is 0 Å². The highest BCUT2D eigenvalue weighted by molar-refractivity contribution is 5.66. The van der Waals surface area contributed by atoms with Crippen LogP contribution >= 0.6 is 0 Å². The minimum atomic E-state index is 0.301. The Labute approximate surface area is 107 Å². The molecule has 1 aliphatic heterocycles. The summed E-state index contributed by atoms with van der Waals surface area (Å²) < 4.78 is 5.72. The molecule has 0 spiro atoms. The number of nitrogens with two attached hydrogens (primary N) is 1. The second-order valence-corrected chi connectivity index (χ2v) is 4.86. The molecule has 1 atom stereocenters. The van der Waals surface area contributed by atoms with Gasteiger partial charge in [0, 0.05) is 13.0 Å². The largest absolute Gasteiger partial charge is 0.490 e. The Bertz CT molecular complexity index is 560. The zero-order chi connectivity index (χ0) is 12.5. The van der Waals surface area contributed by atoms with Crippen molar-refractivity contribution in [3.8, 4) is 16.9 Å². The first-order valence-electron chi connectivity index (χ1n) is 6.35. The molecule has 0 bridgehead atoms. The number of hydrogen-bond donors (Lipinski definition) is 1. The second kappa shape index (κ2) is 4.46. The molecule has 92 valence electrons. The summed E-state index contributed by atoms with van der Waals surface area (Å²) in [6.07, 6.45) is 1.30. The zero-order valence-corrected chi connectivity index (χ0v) is 10.5. The van der Waals surface area contributed by atoms with Crippen LogP contribution in [0.2, 0.25) is 0 Å². The van der Waals surface area contributed by atoms with Crippen LogP contribution in [0.3, 0.4) is 0 Å². The SMILES string of the molecule is CC1Cc2cc(-c3ccc(CN)cc3)ccc2O1. The van der Waals surface area contributed by atoms with Gasteiger partial charge in [-0.1, -0.05) is 30.3 Å². The zero-order valence-electron chi connectivity index (χ0n) is 10.5. The Morgan fingerprint density at radius 2 is 1.83 bits per heavy atom. The average Bonchev–Trinajstić information content (AvgIpc) is 2.78. The van der Waals surface area contributed by atoms with Crippen molar-refractivity contribution >= 4 is 0 Å². The number of rotatable bonds is 2. The van der Waals surface area contributed by atoms with E-state index in [1.54, 1.807) is 0 Å². The van der Waals surface area contributed by atoms with E-state index in [4.69, 9.17) is 10.5 Å². The van der Waals surface area contributed by atoms with E-state index in [1.807, 2.05) is 0 Å². The van der Waals surface area contributed by atoms with Crippen LogP contribution in [0.5, 0.6) is 5.75 Å². The van der Waals surface area contributed by atoms with Crippen LogP contribution in [-0.4, -0.2) is 6.10 Å².